The molecule has 0 unspecified atom stereocenters. The van der Waals surface area contributed by atoms with Gasteiger partial charge in [0.1, 0.15) is 0 Å². The lowest BCUT2D eigenvalue weighted by Gasteiger charge is -2.25. The van der Waals surface area contributed by atoms with Gasteiger partial charge in [-0.2, -0.15) is 5.10 Å². The molecule has 1 aromatic heterocycles. The van der Waals surface area contributed by atoms with E-state index in [1.54, 1.807) is 42.1 Å². The fraction of sp³-hybridized carbons (Fsp3) is 0.250. The van der Waals surface area contributed by atoms with E-state index in [4.69, 9.17) is 0 Å². The van der Waals surface area contributed by atoms with Crippen molar-refractivity contribution in [1.29, 1.82) is 0 Å². The summed E-state index contributed by atoms with van der Waals surface area (Å²) in [4.78, 5) is 13.4. The molecule has 41 heavy (non-hydrogen) atoms. The van der Waals surface area contributed by atoms with Gasteiger partial charge in [0.05, 0.1) is 35.8 Å². The SMILES string of the molecule is CCCS(=O)(=O)N(C)c1cccc(C(=O)N[C@@H](Cc2ccccc2)[C@H](O)Cn2ccc(C=Cc3ccccc3)n2)c1. The molecule has 1 amide bonds. The lowest BCUT2D eigenvalue weighted by Crippen LogP contribution is -2.46. The molecular formula is C32H36N4O4S. The molecule has 0 saturated heterocycles. The molecule has 0 fully saturated rings. The number of anilines is 1. The van der Waals surface area contributed by atoms with Crippen molar-refractivity contribution < 1.29 is 18.3 Å². The number of nitrogens with zero attached hydrogens (tertiary/aromatic N) is 3. The van der Waals surface area contributed by atoms with Gasteiger partial charge in [0.15, 0.2) is 0 Å². The van der Waals surface area contributed by atoms with Crippen LogP contribution in [0.15, 0.2) is 97.2 Å². The van der Waals surface area contributed by atoms with E-state index in [-0.39, 0.29) is 12.3 Å². The molecule has 2 N–H and O–H groups in total. The highest BCUT2D eigenvalue weighted by Gasteiger charge is 2.24. The van der Waals surface area contributed by atoms with E-state index in [0.717, 1.165) is 16.8 Å². The number of rotatable bonds is 13. The number of hydrogen-bond donors (Lipinski definition) is 2. The maximum atomic E-state index is 13.4. The van der Waals surface area contributed by atoms with E-state index < -0.39 is 28.1 Å². The number of aromatic nitrogens is 2. The van der Waals surface area contributed by atoms with Crippen molar-refractivity contribution in [3.63, 3.8) is 0 Å². The van der Waals surface area contributed by atoms with Crippen LogP contribution in [-0.2, 0) is 23.0 Å². The Kier molecular flexibility index (Phi) is 10.1. The monoisotopic (exact) mass is 572 g/mol. The van der Waals surface area contributed by atoms with Gasteiger partial charge < -0.3 is 10.4 Å². The van der Waals surface area contributed by atoms with Gasteiger partial charge in [-0.3, -0.25) is 13.8 Å². The molecule has 0 spiro atoms. The first-order valence-corrected chi connectivity index (χ1v) is 15.2. The normalized spacial score (nSPS) is 13.1. The first kappa shape index (κ1) is 29.8. The van der Waals surface area contributed by atoms with Gasteiger partial charge in [-0.1, -0.05) is 79.7 Å². The van der Waals surface area contributed by atoms with Crippen molar-refractivity contribution in [3.8, 4) is 0 Å². The van der Waals surface area contributed by atoms with E-state index in [2.05, 4.69) is 10.4 Å². The second-order valence-corrected chi connectivity index (χ2v) is 12.0. The first-order chi connectivity index (χ1) is 19.7. The molecule has 0 aliphatic rings. The fourth-order valence-corrected chi connectivity index (χ4v) is 5.66. The molecule has 4 aromatic rings. The Labute approximate surface area is 242 Å². The number of nitrogens with one attached hydrogen (secondary N) is 1. The number of aliphatic hydroxyl groups excluding tert-OH is 1. The van der Waals surface area contributed by atoms with E-state index in [1.165, 1.54) is 11.4 Å². The summed E-state index contributed by atoms with van der Waals surface area (Å²) in [6.45, 7) is 1.98. The van der Waals surface area contributed by atoms with Gasteiger partial charge in [0.2, 0.25) is 10.0 Å². The van der Waals surface area contributed by atoms with Gasteiger partial charge >= 0.3 is 0 Å². The molecule has 0 aliphatic carbocycles. The quantitative estimate of drug-likeness (QED) is 0.243. The number of carbonyl (C=O) groups is 1. The van der Waals surface area contributed by atoms with Crippen LogP contribution in [0.1, 0.15) is 40.5 Å². The molecule has 1 heterocycles. The smallest absolute Gasteiger partial charge is 0.251 e. The Bertz CT molecular complexity index is 1550. The molecular weight excluding hydrogens is 536 g/mol. The average Bonchev–Trinajstić information content (AvgIpc) is 3.43. The zero-order valence-corrected chi connectivity index (χ0v) is 24.1. The number of hydrogen-bond acceptors (Lipinski definition) is 5. The highest BCUT2D eigenvalue weighted by Crippen LogP contribution is 2.19. The van der Waals surface area contributed by atoms with Crippen LogP contribution in [0.25, 0.3) is 12.2 Å². The van der Waals surface area contributed by atoms with Gasteiger partial charge in [-0.15, -0.1) is 0 Å². The van der Waals surface area contributed by atoms with Crippen molar-refractivity contribution in [3.05, 3.63) is 120 Å². The third-order valence-corrected chi connectivity index (χ3v) is 8.68. The Morgan fingerprint density at radius 2 is 1.71 bits per heavy atom. The minimum absolute atomic E-state index is 0.0163. The van der Waals surface area contributed by atoms with Crippen LogP contribution in [-0.4, -0.2) is 54.2 Å². The third-order valence-electron chi connectivity index (χ3n) is 6.71. The Balaban J connectivity index is 1.49. The summed E-state index contributed by atoms with van der Waals surface area (Å²) in [5, 5.41) is 18.8. The van der Waals surface area contributed by atoms with Crippen LogP contribution in [0, 0.1) is 0 Å². The van der Waals surface area contributed by atoms with Crippen LogP contribution in [0.3, 0.4) is 0 Å². The van der Waals surface area contributed by atoms with Gasteiger partial charge in [0.25, 0.3) is 5.91 Å². The number of sulfonamides is 1. The maximum Gasteiger partial charge on any atom is 0.251 e. The molecule has 0 bridgehead atoms. The molecule has 0 radical (unpaired) electrons. The highest BCUT2D eigenvalue weighted by atomic mass is 32.2. The van der Waals surface area contributed by atoms with Gasteiger partial charge in [-0.25, -0.2) is 8.42 Å². The summed E-state index contributed by atoms with van der Waals surface area (Å²) < 4.78 is 28.0. The molecule has 3 aromatic carbocycles. The summed E-state index contributed by atoms with van der Waals surface area (Å²) in [5.41, 5.74) is 3.48. The zero-order chi connectivity index (χ0) is 29.2. The zero-order valence-electron chi connectivity index (χ0n) is 23.3. The highest BCUT2D eigenvalue weighted by molar-refractivity contribution is 7.92. The minimum Gasteiger partial charge on any atom is -0.389 e. The first-order valence-electron chi connectivity index (χ1n) is 13.6. The van der Waals surface area contributed by atoms with E-state index in [0.29, 0.717) is 24.1 Å². The summed E-state index contributed by atoms with van der Waals surface area (Å²) in [6.07, 6.45) is 5.63. The molecule has 214 valence electrons. The Morgan fingerprint density at radius 3 is 2.41 bits per heavy atom. The summed E-state index contributed by atoms with van der Waals surface area (Å²) in [6, 6.07) is 27.3. The van der Waals surface area contributed by atoms with Crippen molar-refractivity contribution in [2.45, 2.75) is 38.5 Å². The third kappa shape index (κ3) is 8.39. The molecule has 0 saturated carbocycles. The standard InChI is InChI=1S/C32H36N4O4S/c1-3-21-41(39,40)35(2)29-16-10-15-27(23-29)32(38)33-30(22-26-13-8-5-9-14-26)31(37)24-36-20-19-28(34-36)18-17-25-11-6-4-7-12-25/h4-20,23,30-31,37H,3,21-22,24H2,1-2H3,(H,33,38)/t30-,31+/m0/s1. The van der Waals surface area contributed by atoms with Gasteiger partial charge in [0, 0.05) is 18.8 Å². The largest absolute Gasteiger partial charge is 0.389 e. The topological polar surface area (TPSA) is 105 Å². The predicted octanol–water partition coefficient (Wildman–Crippen LogP) is 4.63. The predicted molar refractivity (Wildman–Crippen MR) is 164 cm³/mol. The lowest BCUT2D eigenvalue weighted by atomic mass is 10.0. The number of benzene rings is 3. The summed E-state index contributed by atoms with van der Waals surface area (Å²) in [5.74, 6) is -0.386. The van der Waals surface area contributed by atoms with Crippen LogP contribution in [0.4, 0.5) is 5.69 Å². The van der Waals surface area contributed by atoms with E-state index >= 15 is 0 Å². The maximum absolute atomic E-state index is 13.4. The van der Waals surface area contributed by atoms with Crippen molar-refractivity contribution in [2.75, 3.05) is 17.1 Å². The van der Waals surface area contributed by atoms with E-state index in [1.807, 2.05) is 78.9 Å². The molecule has 9 heteroatoms. The van der Waals surface area contributed by atoms with Crippen molar-refractivity contribution >= 4 is 33.8 Å². The van der Waals surface area contributed by atoms with Crippen LogP contribution in [0.5, 0.6) is 0 Å². The minimum atomic E-state index is -3.49. The average molecular weight is 573 g/mol. The second-order valence-electron chi connectivity index (χ2n) is 9.88. The van der Waals surface area contributed by atoms with Crippen molar-refractivity contribution in [1.82, 2.24) is 15.1 Å². The molecule has 4 rings (SSSR count). The second kappa shape index (κ2) is 13.9. The molecule has 0 aliphatic heterocycles. The van der Waals surface area contributed by atoms with Crippen molar-refractivity contribution in [2.24, 2.45) is 0 Å². The summed E-state index contributed by atoms with van der Waals surface area (Å²) in [7, 11) is -2.01. The van der Waals surface area contributed by atoms with Gasteiger partial charge in [-0.05, 0) is 54.3 Å². The Morgan fingerprint density at radius 1 is 1.00 bits per heavy atom. The number of carbonyl (C=O) groups excluding carboxylic acids is 1. The number of amides is 1. The van der Waals surface area contributed by atoms with Crippen LogP contribution < -0.4 is 9.62 Å². The molecule has 8 nitrogen and oxygen atoms in total. The van der Waals surface area contributed by atoms with E-state index in [9.17, 15) is 18.3 Å². The molecule has 2 atom stereocenters. The Hall–Kier alpha value is -4.21. The van der Waals surface area contributed by atoms with Crippen LogP contribution >= 0.6 is 0 Å². The fourth-order valence-electron chi connectivity index (χ4n) is 4.43. The number of aliphatic hydroxyl groups is 1. The van der Waals surface area contributed by atoms with Crippen LogP contribution in [0.2, 0.25) is 0 Å². The lowest BCUT2D eigenvalue weighted by molar-refractivity contribution is 0.0780. The summed E-state index contributed by atoms with van der Waals surface area (Å²) >= 11 is 0.